The average molecular weight is 525 g/mol. The lowest BCUT2D eigenvalue weighted by atomic mass is 9.61. The summed E-state index contributed by atoms with van der Waals surface area (Å²) in [5, 5.41) is 18.4. The van der Waals surface area contributed by atoms with Gasteiger partial charge in [0.15, 0.2) is 0 Å². The largest absolute Gasteiger partial charge is 0.357 e. The molecule has 1 aliphatic carbocycles. The van der Waals surface area contributed by atoms with E-state index in [0.29, 0.717) is 17.0 Å². The zero-order chi connectivity index (χ0) is 25.3. The van der Waals surface area contributed by atoms with Crippen LogP contribution in [0.5, 0.6) is 0 Å². The van der Waals surface area contributed by atoms with E-state index in [1.54, 1.807) is 15.4 Å². The highest BCUT2D eigenvalue weighted by molar-refractivity contribution is 6.24. The first-order valence-electron chi connectivity index (χ1n) is 11.7. The van der Waals surface area contributed by atoms with Crippen molar-refractivity contribution >= 4 is 35.1 Å². The standard InChI is InChI=1S/C25H26N8.Cl2O/c1-31-15-20(14-29-31)18-8-22(24-19(11-26)13-30-33(24)16-18)17-2-3-23(28-12-17)32-6-4-25(5-7-32)9-21(27)10-25;1-3-2/h2-3,8,12-16,21H,4-7,9-10,27H2,1H3;. The Morgan fingerprint density at radius 1 is 1.06 bits per heavy atom. The van der Waals surface area contributed by atoms with Crippen molar-refractivity contribution in [1.29, 1.82) is 5.26 Å². The van der Waals surface area contributed by atoms with Crippen LogP contribution in [-0.2, 0) is 10.9 Å². The highest BCUT2D eigenvalue weighted by Gasteiger charge is 2.44. The number of nitriles is 1. The zero-order valence-electron chi connectivity index (χ0n) is 19.8. The number of aryl methyl sites for hydroxylation is 1. The number of aromatic nitrogens is 5. The van der Waals surface area contributed by atoms with E-state index in [1.165, 1.54) is 25.7 Å². The van der Waals surface area contributed by atoms with E-state index in [2.05, 4.69) is 66.9 Å². The maximum atomic E-state index is 9.64. The molecule has 2 fully saturated rings. The predicted octanol–water partition coefficient (Wildman–Crippen LogP) is 4.69. The molecule has 1 saturated heterocycles. The summed E-state index contributed by atoms with van der Waals surface area (Å²) in [6, 6.07) is 8.95. The summed E-state index contributed by atoms with van der Waals surface area (Å²) in [5.41, 5.74) is 11.7. The zero-order valence-corrected chi connectivity index (χ0v) is 21.3. The van der Waals surface area contributed by atoms with Gasteiger partial charge in [-0.05, 0) is 49.3 Å². The van der Waals surface area contributed by atoms with E-state index < -0.39 is 0 Å². The minimum Gasteiger partial charge on any atom is -0.357 e. The molecule has 1 saturated carbocycles. The number of anilines is 1. The number of fused-ring (bicyclic) bond motifs is 1. The van der Waals surface area contributed by atoms with Crippen LogP contribution in [0.4, 0.5) is 5.82 Å². The molecule has 2 aliphatic rings. The molecule has 1 spiro atoms. The molecule has 5 heterocycles. The van der Waals surface area contributed by atoms with Gasteiger partial charge in [-0.15, -0.1) is 0 Å². The van der Waals surface area contributed by atoms with Crippen LogP contribution >= 0.6 is 23.7 Å². The normalized spacial score (nSPS) is 16.9. The topological polar surface area (TPSA) is 110 Å². The molecule has 0 bridgehead atoms. The fourth-order valence-corrected chi connectivity index (χ4v) is 5.55. The minimum atomic E-state index is 0.398. The highest BCUT2D eigenvalue weighted by atomic mass is 35.6. The molecule has 11 heteroatoms. The molecule has 0 atom stereocenters. The van der Waals surface area contributed by atoms with Gasteiger partial charge in [0.25, 0.3) is 0 Å². The lowest BCUT2D eigenvalue weighted by Crippen LogP contribution is -2.52. The van der Waals surface area contributed by atoms with Crippen LogP contribution in [-0.4, -0.2) is 43.5 Å². The molecule has 2 N–H and O–H groups in total. The van der Waals surface area contributed by atoms with Gasteiger partial charge in [-0.2, -0.15) is 19.3 Å². The van der Waals surface area contributed by atoms with E-state index >= 15 is 0 Å². The maximum absolute atomic E-state index is 9.64. The van der Waals surface area contributed by atoms with Crippen molar-refractivity contribution in [3.05, 3.63) is 54.7 Å². The molecule has 4 aromatic heterocycles. The predicted molar refractivity (Wildman–Crippen MR) is 139 cm³/mol. The average Bonchev–Trinajstić information content (AvgIpc) is 3.50. The molecule has 0 amide bonds. The van der Waals surface area contributed by atoms with Crippen molar-refractivity contribution in [2.24, 2.45) is 18.2 Å². The molecular formula is C25H26Cl2N8O. The van der Waals surface area contributed by atoms with Crippen molar-refractivity contribution in [3.63, 3.8) is 0 Å². The number of hydrogen-bond donors (Lipinski definition) is 1. The van der Waals surface area contributed by atoms with E-state index in [1.807, 2.05) is 31.8 Å². The fraction of sp³-hybridized carbons (Fsp3) is 0.360. The van der Waals surface area contributed by atoms with Gasteiger partial charge in [-0.3, -0.25) is 4.68 Å². The van der Waals surface area contributed by atoms with E-state index in [9.17, 15) is 5.26 Å². The molecule has 186 valence electrons. The van der Waals surface area contributed by atoms with Gasteiger partial charge in [0.1, 0.15) is 11.9 Å². The molecule has 1 aliphatic heterocycles. The molecule has 0 aromatic carbocycles. The number of halogens is 2. The van der Waals surface area contributed by atoms with Crippen molar-refractivity contribution < 1.29 is 3.84 Å². The maximum Gasteiger partial charge on any atom is 0.128 e. The van der Waals surface area contributed by atoms with Crippen LogP contribution < -0.4 is 10.6 Å². The summed E-state index contributed by atoms with van der Waals surface area (Å²) in [6.45, 7) is 2.06. The Bertz CT molecular complexity index is 1390. The van der Waals surface area contributed by atoms with Crippen molar-refractivity contribution in [3.8, 4) is 28.3 Å². The summed E-state index contributed by atoms with van der Waals surface area (Å²) >= 11 is 8.53. The van der Waals surface area contributed by atoms with Crippen LogP contribution in [0.1, 0.15) is 31.2 Å². The Kier molecular flexibility index (Phi) is 6.86. The minimum absolute atomic E-state index is 0.398. The second kappa shape index (κ2) is 10.1. The molecule has 6 rings (SSSR count). The van der Waals surface area contributed by atoms with E-state index in [-0.39, 0.29) is 0 Å². The van der Waals surface area contributed by atoms with Gasteiger partial charge in [0.05, 0.1) is 47.2 Å². The molecule has 9 nitrogen and oxygen atoms in total. The number of pyridine rings is 2. The first-order valence-corrected chi connectivity index (χ1v) is 12.3. The lowest BCUT2D eigenvalue weighted by Gasteiger charge is -2.51. The van der Waals surface area contributed by atoms with Crippen molar-refractivity contribution in [1.82, 2.24) is 24.4 Å². The monoisotopic (exact) mass is 524 g/mol. The van der Waals surface area contributed by atoms with Crippen LogP contribution in [0, 0.1) is 16.7 Å². The Morgan fingerprint density at radius 3 is 2.39 bits per heavy atom. The second-order valence-corrected chi connectivity index (χ2v) is 10.1. The second-order valence-electron chi connectivity index (χ2n) is 9.63. The van der Waals surface area contributed by atoms with Crippen LogP contribution in [0.15, 0.2) is 49.2 Å². The Morgan fingerprint density at radius 2 is 1.81 bits per heavy atom. The molecule has 4 aromatic rings. The van der Waals surface area contributed by atoms with Gasteiger partial charge < -0.3 is 10.6 Å². The molecular weight excluding hydrogens is 499 g/mol. The summed E-state index contributed by atoms with van der Waals surface area (Å²) in [4.78, 5) is 7.19. The number of hydrogen-bond acceptors (Lipinski definition) is 7. The third-order valence-electron chi connectivity index (χ3n) is 7.37. The molecule has 0 radical (unpaired) electrons. The van der Waals surface area contributed by atoms with Crippen LogP contribution in [0.25, 0.3) is 27.8 Å². The smallest absolute Gasteiger partial charge is 0.128 e. The number of nitrogens with two attached hydrogens (primary N) is 1. The third-order valence-corrected chi connectivity index (χ3v) is 7.37. The van der Waals surface area contributed by atoms with E-state index in [0.717, 1.165) is 46.7 Å². The van der Waals surface area contributed by atoms with Gasteiger partial charge in [0, 0.05) is 67.0 Å². The van der Waals surface area contributed by atoms with Crippen molar-refractivity contribution in [2.45, 2.75) is 31.7 Å². The SMILES string of the molecule is ClOCl.Cn1cc(-c2cc(-c3ccc(N4CCC5(CC4)CC(N)C5)nc3)c3c(C#N)cnn3c2)cn1. The Balaban J connectivity index is 0.000000848. The van der Waals surface area contributed by atoms with Gasteiger partial charge in [-0.1, -0.05) is 0 Å². The molecule has 0 unspecified atom stereocenters. The summed E-state index contributed by atoms with van der Waals surface area (Å²) < 4.78 is 6.75. The number of piperidine rings is 1. The lowest BCUT2D eigenvalue weighted by molar-refractivity contribution is 0.0711. The summed E-state index contributed by atoms with van der Waals surface area (Å²) in [7, 11) is 1.90. The quantitative estimate of drug-likeness (QED) is 0.413. The van der Waals surface area contributed by atoms with Gasteiger partial charge >= 0.3 is 0 Å². The van der Waals surface area contributed by atoms with E-state index in [4.69, 9.17) is 10.7 Å². The summed E-state index contributed by atoms with van der Waals surface area (Å²) in [5.74, 6) is 1.01. The Labute approximate surface area is 219 Å². The fourth-order valence-electron chi connectivity index (χ4n) is 5.55. The molecule has 36 heavy (non-hydrogen) atoms. The number of nitrogens with zero attached hydrogens (tertiary/aromatic N) is 7. The highest BCUT2D eigenvalue weighted by Crippen LogP contribution is 2.48. The van der Waals surface area contributed by atoms with Crippen LogP contribution in [0.3, 0.4) is 0 Å². The van der Waals surface area contributed by atoms with Crippen LogP contribution in [0.2, 0.25) is 0 Å². The third kappa shape index (κ3) is 4.65. The summed E-state index contributed by atoms with van der Waals surface area (Å²) in [6.07, 6.45) is 14.0. The van der Waals surface area contributed by atoms with Gasteiger partial charge in [0.2, 0.25) is 0 Å². The Hall–Kier alpha value is -3.16. The first kappa shape index (κ1) is 24.5. The van der Waals surface area contributed by atoms with Gasteiger partial charge in [-0.25, -0.2) is 9.50 Å². The van der Waals surface area contributed by atoms with Crippen molar-refractivity contribution in [2.75, 3.05) is 18.0 Å². The number of rotatable bonds is 3. The first-order chi connectivity index (χ1) is 17.4.